The van der Waals surface area contributed by atoms with Crippen LogP contribution in [-0.4, -0.2) is 50.7 Å². The zero-order chi connectivity index (χ0) is 17.1. The van der Waals surface area contributed by atoms with Crippen molar-refractivity contribution in [2.45, 2.75) is 20.0 Å². The van der Waals surface area contributed by atoms with E-state index in [9.17, 15) is 19.5 Å². The van der Waals surface area contributed by atoms with Crippen LogP contribution in [0.5, 0.6) is 0 Å². The first kappa shape index (κ1) is 16.4. The third kappa shape index (κ3) is 3.26. The summed E-state index contributed by atoms with van der Waals surface area (Å²) in [6.45, 7) is 2.48. The fourth-order valence-electron chi connectivity index (χ4n) is 1.87. The van der Waals surface area contributed by atoms with E-state index < -0.39 is 30.4 Å². The molecule has 0 aromatic carbocycles. The van der Waals surface area contributed by atoms with Gasteiger partial charge in [0, 0.05) is 11.1 Å². The number of carbonyl (C=O) groups excluding carboxylic acids is 2. The van der Waals surface area contributed by atoms with Gasteiger partial charge in [-0.1, -0.05) is 10.3 Å². The summed E-state index contributed by atoms with van der Waals surface area (Å²) in [5, 5.41) is 16.1. The summed E-state index contributed by atoms with van der Waals surface area (Å²) < 4.78 is 9.53. The van der Waals surface area contributed by atoms with Crippen molar-refractivity contribution >= 4 is 17.7 Å². The molecule has 1 amide bonds. The summed E-state index contributed by atoms with van der Waals surface area (Å²) in [7, 11) is 0. The van der Waals surface area contributed by atoms with Crippen molar-refractivity contribution in [1.82, 2.24) is 15.2 Å². The lowest BCUT2D eigenvalue weighted by Crippen LogP contribution is -2.52. The van der Waals surface area contributed by atoms with Crippen LogP contribution in [0.2, 0.25) is 0 Å². The van der Waals surface area contributed by atoms with Crippen molar-refractivity contribution in [1.29, 1.82) is 0 Å². The second-order valence-electron chi connectivity index (χ2n) is 4.82. The Morgan fingerprint density at radius 2 is 1.70 bits per heavy atom. The Hall–Kier alpha value is -3.01. The average Bonchev–Trinajstić information content (AvgIpc) is 3.11. The van der Waals surface area contributed by atoms with Crippen molar-refractivity contribution in [3.05, 3.63) is 35.0 Å². The first-order valence-electron chi connectivity index (χ1n) is 6.48. The smallest absolute Gasteiger partial charge is 0.409 e. The molecule has 1 atom stereocenters. The number of hydrogen-bond donors (Lipinski definition) is 2. The summed E-state index contributed by atoms with van der Waals surface area (Å²) in [6.07, 6.45) is -0.532. The Balaban J connectivity index is 2.20. The van der Waals surface area contributed by atoms with Gasteiger partial charge < -0.3 is 19.9 Å². The fraction of sp³-hybridized carbons (Fsp3) is 0.308. The van der Waals surface area contributed by atoms with Gasteiger partial charge in [0.1, 0.15) is 0 Å². The molecule has 0 saturated heterocycles. The predicted molar refractivity (Wildman–Crippen MR) is 73.8 cm³/mol. The molecule has 3 N–H and O–H groups in total. The monoisotopic (exact) mass is 322 g/mol. The van der Waals surface area contributed by atoms with Gasteiger partial charge in [-0.25, -0.2) is 4.79 Å². The maximum atomic E-state index is 12.2. The molecular weight excluding hydrogens is 308 g/mol. The average molecular weight is 322 g/mol. The number of rotatable bonds is 6. The third-order valence-corrected chi connectivity index (χ3v) is 3.14. The second kappa shape index (κ2) is 6.40. The number of carbonyl (C=O) groups is 3. The predicted octanol–water partition coefficient (Wildman–Crippen LogP) is 0.610. The van der Waals surface area contributed by atoms with Gasteiger partial charge in [-0.2, -0.15) is 0 Å². The Kier molecular flexibility index (Phi) is 4.55. The Bertz CT molecular complexity index is 749. The van der Waals surface area contributed by atoms with Crippen LogP contribution in [0, 0.1) is 13.8 Å². The number of Topliss-reactive ketones (excluding diaryl/α,β-unsaturated/α-hetero) is 2. The first-order chi connectivity index (χ1) is 10.8. The molecular formula is C13H14N4O6. The summed E-state index contributed by atoms with van der Waals surface area (Å²) >= 11 is 0. The number of nitrogens with two attached hydrogens (primary N) is 1. The molecule has 0 aliphatic rings. The van der Waals surface area contributed by atoms with E-state index in [1.807, 2.05) is 0 Å². The molecule has 0 radical (unpaired) electrons. The SMILES string of the molecule is Cc1cnoc1C(=O)CN(C(=O)O)C(N)C(=O)c1oncc1C. The van der Waals surface area contributed by atoms with E-state index in [2.05, 4.69) is 10.3 Å². The van der Waals surface area contributed by atoms with E-state index in [1.165, 1.54) is 12.4 Å². The van der Waals surface area contributed by atoms with Crippen LogP contribution in [0.1, 0.15) is 32.2 Å². The molecule has 1 unspecified atom stereocenters. The standard InChI is InChI=1S/C13H14N4O6/c1-6-3-15-22-10(6)8(18)5-17(13(20)21)12(14)9(19)11-7(2)4-16-23-11/h3-4,12H,5,14H2,1-2H3,(H,20,21). The second-order valence-corrected chi connectivity index (χ2v) is 4.82. The summed E-state index contributed by atoms with van der Waals surface area (Å²) in [5.41, 5.74) is 6.53. The first-order valence-corrected chi connectivity index (χ1v) is 6.48. The van der Waals surface area contributed by atoms with Crippen LogP contribution >= 0.6 is 0 Å². The molecule has 0 saturated carbocycles. The third-order valence-electron chi connectivity index (χ3n) is 3.14. The van der Waals surface area contributed by atoms with Crippen LogP contribution in [0.15, 0.2) is 21.4 Å². The van der Waals surface area contributed by atoms with E-state index in [-0.39, 0.29) is 11.5 Å². The molecule has 122 valence electrons. The quantitative estimate of drug-likeness (QED) is 0.575. The van der Waals surface area contributed by atoms with Gasteiger partial charge in [-0.3, -0.25) is 14.5 Å². The summed E-state index contributed by atoms with van der Waals surface area (Å²) in [6, 6.07) is 0. The zero-order valence-electron chi connectivity index (χ0n) is 12.3. The molecule has 0 aliphatic carbocycles. The minimum atomic E-state index is -1.62. The van der Waals surface area contributed by atoms with Crippen molar-refractivity contribution in [3.8, 4) is 0 Å². The number of amides is 1. The minimum Gasteiger partial charge on any atom is -0.465 e. The molecule has 2 aromatic rings. The van der Waals surface area contributed by atoms with E-state index in [0.29, 0.717) is 16.0 Å². The molecule has 0 fully saturated rings. The highest BCUT2D eigenvalue weighted by atomic mass is 16.5. The lowest BCUT2D eigenvalue weighted by atomic mass is 10.1. The normalized spacial score (nSPS) is 12.0. The zero-order valence-corrected chi connectivity index (χ0v) is 12.3. The lowest BCUT2D eigenvalue weighted by molar-refractivity contribution is 0.0705. The molecule has 0 aliphatic heterocycles. The maximum Gasteiger partial charge on any atom is 0.409 e. The molecule has 0 spiro atoms. The highest BCUT2D eigenvalue weighted by molar-refractivity contribution is 6.02. The molecule has 23 heavy (non-hydrogen) atoms. The largest absolute Gasteiger partial charge is 0.465 e. The van der Waals surface area contributed by atoms with E-state index in [4.69, 9.17) is 14.8 Å². The molecule has 2 rings (SSSR count). The van der Waals surface area contributed by atoms with Crippen molar-refractivity contribution in [2.75, 3.05) is 6.54 Å². The van der Waals surface area contributed by atoms with Crippen LogP contribution in [-0.2, 0) is 0 Å². The van der Waals surface area contributed by atoms with Gasteiger partial charge in [0.05, 0.1) is 18.9 Å². The summed E-state index contributed by atoms with van der Waals surface area (Å²) in [4.78, 5) is 36.1. The van der Waals surface area contributed by atoms with Gasteiger partial charge in [-0.15, -0.1) is 0 Å². The molecule has 10 nitrogen and oxygen atoms in total. The maximum absolute atomic E-state index is 12.2. The van der Waals surface area contributed by atoms with Crippen LogP contribution in [0.25, 0.3) is 0 Å². The number of aromatic nitrogens is 2. The van der Waals surface area contributed by atoms with Gasteiger partial charge in [0.25, 0.3) is 0 Å². The Morgan fingerprint density at radius 3 is 2.13 bits per heavy atom. The Labute approximate surface area is 129 Å². The van der Waals surface area contributed by atoms with Crippen molar-refractivity contribution in [3.63, 3.8) is 0 Å². The number of aryl methyl sites for hydroxylation is 2. The number of ketones is 2. The minimum absolute atomic E-state index is 0.0910. The fourth-order valence-corrected chi connectivity index (χ4v) is 1.87. The van der Waals surface area contributed by atoms with Gasteiger partial charge >= 0.3 is 6.09 Å². The molecule has 2 aromatic heterocycles. The molecule has 2 heterocycles. The number of carboxylic acid groups (broad SMARTS) is 1. The highest BCUT2D eigenvalue weighted by Crippen LogP contribution is 2.13. The van der Waals surface area contributed by atoms with Crippen LogP contribution < -0.4 is 5.73 Å². The van der Waals surface area contributed by atoms with Crippen LogP contribution in [0.4, 0.5) is 4.79 Å². The topological polar surface area (TPSA) is 153 Å². The van der Waals surface area contributed by atoms with Crippen molar-refractivity contribution < 1.29 is 28.5 Å². The van der Waals surface area contributed by atoms with Gasteiger partial charge in [0.15, 0.2) is 6.17 Å². The Morgan fingerprint density at radius 1 is 1.17 bits per heavy atom. The highest BCUT2D eigenvalue weighted by Gasteiger charge is 2.33. The van der Waals surface area contributed by atoms with E-state index in [1.54, 1.807) is 13.8 Å². The van der Waals surface area contributed by atoms with Crippen LogP contribution in [0.3, 0.4) is 0 Å². The molecule has 0 bridgehead atoms. The number of hydrogen-bond acceptors (Lipinski definition) is 8. The van der Waals surface area contributed by atoms with Crippen molar-refractivity contribution in [2.24, 2.45) is 5.73 Å². The van der Waals surface area contributed by atoms with Gasteiger partial charge in [-0.05, 0) is 13.8 Å². The van der Waals surface area contributed by atoms with E-state index >= 15 is 0 Å². The lowest BCUT2D eigenvalue weighted by Gasteiger charge is -2.23. The molecule has 10 heteroatoms. The van der Waals surface area contributed by atoms with Gasteiger partial charge in [0.2, 0.25) is 23.1 Å². The van der Waals surface area contributed by atoms with E-state index in [0.717, 1.165) is 0 Å². The summed E-state index contributed by atoms with van der Waals surface area (Å²) in [5.74, 6) is -1.72. The number of nitrogens with zero attached hydrogens (tertiary/aromatic N) is 3.